The summed E-state index contributed by atoms with van der Waals surface area (Å²) in [5.41, 5.74) is 5.83. The standard InChI is InChI=1S/C25H21NO/c1-3-9-18(10-4-1)15-16-20-17-22-24(19-11-5-2-6-12-19)26-23-14-8-7-13-21(23)25(22)27-20/h1-14,20H,15-17H2. The molecule has 1 atom stereocenters. The van der Waals surface area contributed by atoms with Gasteiger partial charge < -0.3 is 4.74 Å². The first-order chi connectivity index (χ1) is 13.4. The van der Waals surface area contributed by atoms with Crippen LogP contribution < -0.4 is 4.74 Å². The summed E-state index contributed by atoms with van der Waals surface area (Å²) < 4.78 is 6.46. The van der Waals surface area contributed by atoms with Gasteiger partial charge in [0.2, 0.25) is 0 Å². The number of pyridine rings is 1. The molecule has 0 radical (unpaired) electrons. The molecule has 132 valence electrons. The van der Waals surface area contributed by atoms with E-state index in [2.05, 4.69) is 72.8 Å². The molecule has 0 fully saturated rings. The molecule has 0 saturated heterocycles. The van der Waals surface area contributed by atoms with Crippen LogP contribution in [0.3, 0.4) is 0 Å². The fourth-order valence-electron chi connectivity index (χ4n) is 3.95. The number of rotatable bonds is 4. The second-order valence-electron chi connectivity index (χ2n) is 7.12. The Labute approximate surface area is 159 Å². The number of benzene rings is 3. The van der Waals surface area contributed by atoms with Crippen LogP contribution in [0, 0.1) is 0 Å². The lowest BCUT2D eigenvalue weighted by molar-refractivity contribution is 0.224. The van der Waals surface area contributed by atoms with Crippen molar-refractivity contribution in [3.05, 3.63) is 96.1 Å². The van der Waals surface area contributed by atoms with Crippen molar-refractivity contribution in [2.45, 2.75) is 25.4 Å². The summed E-state index contributed by atoms with van der Waals surface area (Å²) in [6.45, 7) is 0. The Morgan fingerprint density at radius 2 is 1.52 bits per heavy atom. The number of ether oxygens (including phenoxy) is 1. The van der Waals surface area contributed by atoms with Crippen molar-refractivity contribution in [3.8, 4) is 17.0 Å². The van der Waals surface area contributed by atoms with Gasteiger partial charge in [-0.1, -0.05) is 72.8 Å². The smallest absolute Gasteiger partial charge is 0.134 e. The Balaban J connectivity index is 1.51. The van der Waals surface area contributed by atoms with E-state index in [9.17, 15) is 0 Å². The van der Waals surface area contributed by atoms with Crippen LogP contribution in [0.5, 0.6) is 5.75 Å². The number of para-hydroxylation sites is 1. The summed E-state index contributed by atoms with van der Waals surface area (Å²) in [4.78, 5) is 4.99. The third-order valence-corrected chi connectivity index (χ3v) is 5.30. The summed E-state index contributed by atoms with van der Waals surface area (Å²) in [5, 5.41) is 1.12. The van der Waals surface area contributed by atoms with E-state index < -0.39 is 0 Å². The molecule has 1 aliphatic rings. The van der Waals surface area contributed by atoms with Gasteiger partial charge in [0.1, 0.15) is 11.9 Å². The van der Waals surface area contributed by atoms with E-state index in [0.717, 1.165) is 47.2 Å². The molecule has 1 aromatic heterocycles. The third kappa shape index (κ3) is 3.08. The van der Waals surface area contributed by atoms with Crippen LogP contribution >= 0.6 is 0 Å². The fourth-order valence-corrected chi connectivity index (χ4v) is 3.95. The van der Waals surface area contributed by atoms with E-state index in [1.54, 1.807) is 0 Å². The first-order valence-corrected chi connectivity index (χ1v) is 9.56. The van der Waals surface area contributed by atoms with Gasteiger partial charge in [-0.25, -0.2) is 4.98 Å². The fraction of sp³-hybridized carbons (Fsp3) is 0.160. The zero-order chi connectivity index (χ0) is 18.1. The predicted octanol–water partition coefficient (Wildman–Crippen LogP) is 5.84. The van der Waals surface area contributed by atoms with Crippen molar-refractivity contribution in [1.29, 1.82) is 0 Å². The normalized spacial score (nSPS) is 15.5. The van der Waals surface area contributed by atoms with Gasteiger partial charge in [0.15, 0.2) is 0 Å². The quantitative estimate of drug-likeness (QED) is 0.461. The van der Waals surface area contributed by atoms with Gasteiger partial charge in [-0.05, 0) is 30.5 Å². The van der Waals surface area contributed by atoms with Gasteiger partial charge in [-0.2, -0.15) is 0 Å². The molecule has 1 unspecified atom stereocenters. The molecule has 2 nitrogen and oxygen atoms in total. The molecular formula is C25H21NO. The molecule has 3 aromatic carbocycles. The second-order valence-corrected chi connectivity index (χ2v) is 7.12. The summed E-state index contributed by atoms with van der Waals surface area (Å²) in [6.07, 6.45) is 3.17. The predicted molar refractivity (Wildman–Crippen MR) is 110 cm³/mol. The van der Waals surface area contributed by atoms with E-state index in [1.165, 1.54) is 11.1 Å². The van der Waals surface area contributed by atoms with Gasteiger partial charge in [-0.15, -0.1) is 0 Å². The molecule has 5 rings (SSSR count). The van der Waals surface area contributed by atoms with E-state index in [4.69, 9.17) is 9.72 Å². The van der Waals surface area contributed by atoms with Gasteiger partial charge in [0.05, 0.1) is 11.2 Å². The van der Waals surface area contributed by atoms with Crippen molar-refractivity contribution in [2.75, 3.05) is 0 Å². The summed E-state index contributed by atoms with van der Waals surface area (Å²) in [7, 11) is 0. The van der Waals surface area contributed by atoms with Crippen molar-refractivity contribution in [2.24, 2.45) is 0 Å². The lowest BCUT2D eigenvalue weighted by atomic mass is 9.98. The molecule has 4 aromatic rings. The van der Waals surface area contributed by atoms with Crippen LogP contribution in [0.25, 0.3) is 22.2 Å². The molecule has 2 heterocycles. The number of aromatic nitrogens is 1. The topological polar surface area (TPSA) is 22.1 Å². The van der Waals surface area contributed by atoms with Crippen LogP contribution in [0.4, 0.5) is 0 Å². The molecule has 0 aliphatic carbocycles. The van der Waals surface area contributed by atoms with Crippen LogP contribution in [0.1, 0.15) is 17.5 Å². The monoisotopic (exact) mass is 351 g/mol. The summed E-state index contributed by atoms with van der Waals surface area (Å²) in [6, 6.07) is 29.4. The minimum Gasteiger partial charge on any atom is -0.489 e. The lowest BCUT2D eigenvalue weighted by Gasteiger charge is -2.11. The van der Waals surface area contributed by atoms with Crippen LogP contribution in [0.15, 0.2) is 84.9 Å². The summed E-state index contributed by atoms with van der Waals surface area (Å²) >= 11 is 0. The highest BCUT2D eigenvalue weighted by Gasteiger charge is 2.28. The maximum absolute atomic E-state index is 6.46. The molecular weight excluding hydrogens is 330 g/mol. The van der Waals surface area contributed by atoms with Crippen molar-refractivity contribution < 1.29 is 4.74 Å². The van der Waals surface area contributed by atoms with E-state index in [-0.39, 0.29) is 6.10 Å². The molecule has 0 amide bonds. The number of fused-ring (bicyclic) bond motifs is 3. The zero-order valence-electron chi connectivity index (χ0n) is 15.1. The Bertz CT molecular complexity index is 1070. The number of hydrogen-bond donors (Lipinski definition) is 0. The Morgan fingerprint density at radius 3 is 2.33 bits per heavy atom. The maximum Gasteiger partial charge on any atom is 0.134 e. The van der Waals surface area contributed by atoms with Crippen LogP contribution in [0.2, 0.25) is 0 Å². The summed E-state index contributed by atoms with van der Waals surface area (Å²) in [5.74, 6) is 1.03. The molecule has 0 N–H and O–H groups in total. The largest absolute Gasteiger partial charge is 0.489 e. The number of aryl methyl sites for hydroxylation is 1. The van der Waals surface area contributed by atoms with Gasteiger partial charge in [0.25, 0.3) is 0 Å². The molecule has 0 saturated carbocycles. The zero-order valence-corrected chi connectivity index (χ0v) is 15.1. The van der Waals surface area contributed by atoms with Gasteiger partial charge in [-0.3, -0.25) is 0 Å². The highest BCUT2D eigenvalue weighted by molar-refractivity contribution is 5.90. The number of nitrogens with zero attached hydrogens (tertiary/aromatic N) is 1. The van der Waals surface area contributed by atoms with Gasteiger partial charge >= 0.3 is 0 Å². The van der Waals surface area contributed by atoms with E-state index in [1.807, 2.05) is 12.1 Å². The Morgan fingerprint density at radius 1 is 0.815 bits per heavy atom. The van der Waals surface area contributed by atoms with Crippen molar-refractivity contribution in [3.63, 3.8) is 0 Å². The van der Waals surface area contributed by atoms with Gasteiger partial charge in [0, 0.05) is 22.9 Å². The maximum atomic E-state index is 6.46. The Kier molecular flexibility index (Phi) is 4.10. The van der Waals surface area contributed by atoms with Crippen LogP contribution in [-0.4, -0.2) is 11.1 Å². The first-order valence-electron chi connectivity index (χ1n) is 9.56. The van der Waals surface area contributed by atoms with E-state index in [0.29, 0.717) is 0 Å². The minimum absolute atomic E-state index is 0.204. The Hall–Kier alpha value is -3.13. The molecule has 1 aliphatic heterocycles. The minimum atomic E-state index is 0.204. The molecule has 0 bridgehead atoms. The molecule has 2 heteroatoms. The third-order valence-electron chi connectivity index (χ3n) is 5.30. The van der Waals surface area contributed by atoms with Crippen molar-refractivity contribution in [1.82, 2.24) is 4.98 Å². The SMILES string of the molecule is c1ccc(CCC2Cc3c(-c4ccccc4)nc4ccccc4c3O2)cc1. The highest BCUT2D eigenvalue weighted by atomic mass is 16.5. The lowest BCUT2D eigenvalue weighted by Crippen LogP contribution is -2.13. The van der Waals surface area contributed by atoms with E-state index >= 15 is 0 Å². The highest BCUT2D eigenvalue weighted by Crippen LogP contribution is 2.41. The molecule has 0 spiro atoms. The average Bonchev–Trinajstić information content (AvgIpc) is 3.18. The van der Waals surface area contributed by atoms with Crippen molar-refractivity contribution >= 4 is 10.9 Å². The first kappa shape index (κ1) is 16.1. The van der Waals surface area contributed by atoms with Crippen LogP contribution in [-0.2, 0) is 12.8 Å². The average molecular weight is 351 g/mol. The molecule has 27 heavy (non-hydrogen) atoms. The number of hydrogen-bond acceptors (Lipinski definition) is 2. The second kappa shape index (κ2) is 6.88.